The standard InChI is InChI=1S/C16H18BrFN2O/c1-10-3-4-12(8-16(10)21-2)15(20-19)7-11-5-6-13(18)9-14(11)17/h3-6,8-9,15,20H,7,19H2,1-2H3. The average Bonchev–Trinajstić information content (AvgIpc) is 2.47. The highest BCUT2D eigenvalue weighted by molar-refractivity contribution is 9.10. The molecule has 1 unspecified atom stereocenters. The first kappa shape index (κ1) is 15.9. The zero-order valence-corrected chi connectivity index (χ0v) is 13.6. The van der Waals surface area contributed by atoms with Crippen LogP contribution in [0.2, 0.25) is 0 Å². The van der Waals surface area contributed by atoms with E-state index in [4.69, 9.17) is 10.6 Å². The highest BCUT2D eigenvalue weighted by atomic mass is 79.9. The van der Waals surface area contributed by atoms with Gasteiger partial charge in [0.05, 0.1) is 13.2 Å². The van der Waals surface area contributed by atoms with Gasteiger partial charge in [-0.25, -0.2) is 4.39 Å². The summed E-state index contributed by atoms with van der Waals surface area (Å²) in [6.07, 6.45) is 0.642. The number of nitrogens with one attached hydrogen (secondary N) is 1. The van der Waals surface area contributed by atoms with Gasteiger partial charge in [0.25, 0.3) is 0 Å². The Balaban J connectivity index is 2.27. The Bertz CT molecular complexity index is 634. The Kier molecular flexibility index (Phi) is 5.33. The Labute approximate surface area is 132 Å². The molecule has 0 heterocycles. The molecule has 5 heteroatoms. The largest absolute Gasteiger partial charge is 0.496 e. The van der Waals surface area contributed by atoms with Gasteiger partial charge in [-0.1, -0.05) is 34.1 Å². The zero-order chi connectivity index (χ0) is 15.4. The Hall–Kier alpha value is -1.43. The van der Waals surface area contributed by atoms with Crippen molar-refractivity contribution in [1.29, 1.82) is 0 Å². The molecule has 0 radical (unpaired) electrons. The minimum atomic E-state index is -0.264. The number of nitrogens with two attached hydrogens (primary N) is 1. The molecule has 3 N–H and O–H groups in total. The van der Waals surface area contributed by atoms with Crippen molar-refractivity contribution in [2.24, 2.45) is 5.84 Å². The van der Waals surface area contributed by atoms with Crippen LogP contribution in [0, 0.1) is 12.7 Å². The number of halogens is 2. The molecule has 0 amide bonds. The lowest BCUT2D eigenvalue weighted by atomic mass is 9.98. The number of methoxy groups -OCH3 is 1. The fraction of sp³-hybridized carbons (Fsp3) is 0.250. The first-order valence-electron chi connectivity index (χ1n) is 6.59. The SMILES string of the molecule is COc1cc(C(Cc2ccc(F)cc2Br)NN)ccc1C. The van der Waals surface area contributed by atoms with Crippen molar-refractivity contribution in [2.45, 2.75) is 19.4 Å². The van der Waals surface area contributed by atoms with E-state index in [2.05, 4.69) is 21.4 Å². The molecule has 1 atom stereocenters. The van der Waals surface area contributed by atoms with Crippen LogP contribution in [0.15, 0.2) is 40.9 Å². The van der Waals surface area contributed by atoms with Gasteiger partial charge in [-0.15, -0.1) is 0 Å². The molecule has 0 aliphatic heterocycles. The van der Waals surface area contributed by atoms with E-state index in [0.717, 1.165) is 26.9 Å². The van der Waals surface area contributed by atoms with Gasteiger partial charge in [0.15, 0.2) is 0 Å². The van der Waals surface area contributed by atoms with Crippen molar-refractivity contribution in [3.63, 3.8) is 0 Å². The molecule has 112 valence electrons. The van der Waals surface area contributed by atoms with Crippen molar-refractivity contribution in [3.8, 4) is 5.75 Å². The Morgan fingerprint density at radius 1 is 1.29 bits per heavy atom. The zero-order valence-electron chi connectivity index (χ0n) is 12.0. The summed E-state index contributed by atoms with van der Waals surface area (Å²) < 4.78 is 19.2. The summed E-state index contributed by atoms with van der Waals surface area (Å²) in [7, 11) is 1.65. The summed E-state index contributed by atoms with van der Waals surface area (Å²) in [5, 5.41) is 0. The van der Waals surface area contributed by atoms with Crippen molar-refractivity contribution in [1.82, 2.24) is 5.43 Å². The molecule has 0 fully saturated rings. The lowest BCUT2D eigenvalue weighted by molar-refractivity contribution is 0.410. The highest BCUT2D eigenvalue weighted by Crippen LogP contribution is 2.27. The first-order chi connectivity index (χ1) is 10.0. The summed E-state index contributed by atoms with van der Waals surface area (Å²) in [5.74, 6) is 6.24. The molecule has 2 rings (SSSR count). The molecule has 21 heavy (non-hydrogen) atoms. The van der Waals surface area contributed by atoms with Crippen molar-refractivity contribution >= 4 is 15.9 Å². The molecular weight excluding hydrogens is 335 g/mol. The van der Waals surface area contributed by atoms with Crippen LogP contribution in [0.5, 0.6) is 5.75 Å². The fourth-order valence-corrected chi connectivity index (χ4v) is 2.75. The number of hydrazine groups is 1. The lowest BCUT2D eigenvalue weighted by Gasteiger charge is -2.18. The lowest BCUT2D eigenvalue weighted by Crippen LogP contribution is -2.29. The molecule has 3 nitrogen and oxygen atoms in total. The number of ether oxygens (including phenoxy) is 1. The number of rotatable bonds is 5. The summed E-state index contributed by atoms with van der Waals surface area (Å²) in [6.45, 7) is 1.99. The van der Waals surface area contributed by atoms with E-state index < -0.39 is 0 Å². The molecule has 0 bridgehead atoms. The second-order valence-electron chi connectivity index (χ2n) is 4.89. The average molecular weight is 353 g/mol. The van der Waals surface area contributed by atoms with Crippen LogP contribution in [0.4, 0.5) is 4.39 Å². The van der Waals surface area contributed by atoms with Crippen molar-refractivity contribution in [3.05, 3.63) is 63.4 Å². The predicted octanol–water partition coefficient (Wildman–Crippen LogP) is 3.65. The van der Waals surface area contributed by atoms with Crippen molar-refractivity contribution in [2.75, 3.05) is 7.11 Å². The minimum absolute atomic E-state index is 0.0822. The first-order valence-corrected chi connectivity index (χ1v) is 7.39. The van der Waals surface area contributed by atoms with E-state index in [1.165, 1.54) is 12.1 Å². The molecule has 0 saturated carbocycles. The third-order valence-corrected chi connectivity index (χ3v) is 4.21. The van der Waals surface area contributed by atoms with Crippen LogP contribution in [0.25, 0.3) is 0 Å². The molecule has 0 saturated heterocycles. The highest BCUT2D eigenvalue weighted by Gasteiger charge is 2.14. The quantitative estimate of drug-likeness (QED) is 0.637. The number of hydrogen-bond acceptors (Lipinski definition) is 3. The number of hydrogen-bond donors (Lipinski definition) is 2. The van der Waals surface area contributed by atoms with Gasteiger partial charge in [0.2, 0.25) is 0 Å². The maximum atomic E-state index is 13.1. The smallest absolute Gasteiger partial charge is 0.124 e. The number of benzene rings is 2. The van der Waals surface area contributed by atoms with Gasteiger partial charge >= 0.3 is 0 Å². The monoisotopic (exact) mass is 352 g/mol. The van der Waals surface area contributed by atoms with Crippen LogP contribution in [-0.4, -0.2) is 7.11 Å². The summed E-state index contributed by atoms with van der Waals surface area (Å²) >= 11 is 3.38. The van der Waals surface area contributed by atoms with Crippen molar-refractivity contribution < 1.29 is 9.13 Å². The van der Waals surface area contributed by atoms with Crippen LogP contribution in [-0.2, 0) is 6.42 Å². The molecular formula is C16H18BrFN2O. The van der Waals surface area contributed by atoms with Gasteiger partial charge in [-0.05, 0) is 48.2 Å². The fourth-order valence-electron chi connectivity index (χ4n) is 2.23. The second-order valence-corrected chi connectivity index (χ2v) is 5.74. The van der Waals surface area contributed by atoms with E-state index in [9.17, 15) is 4.39 Å². The molecule has 2 aromatic rings. The van der Waals surface area contributed by atoms with E-state index in [-0.39, 0.29) is 11.9 Å². The number of aryl methyl sites for hydroxylation is 1. The van der Waals surface area contributed by atoms with E-state index in [1.54, 1.807) is 13.2 Å². The Morgan fingerprint density at radius 2 is 2.05 bits per heavy atom. The van der Waals surface area contributed by atoms with Gasteiger partial charge in [0, 0.05) is 4.47 Å². The molecule has 2 aromatic carbocycles. The van der Waals surface area contributed by atoms with E-state index >= 15 is 0 Å². The molecule has 0 aliphatic rings. The minimum Gasteiger partial charge on any atom is -0.496 e. The van der Waals surface area contributed by atoms with E-state index in [0.29, 0.717) is 6.42 Å². The van der Waals surface area contributed by atoms with Crippen LogP contribution in [0.3, 0.4) is 0 Å². The molecule has 0 spiro atoms. The second kappa shape index (κ2) is 7.02. The topological polar surface area (TPSA) is 47.3 Å². The maximum Gasteiger partial charge on any atom is 0.124 e. The Morgan fingerprint density at radius 3 is 2.67 bits per heavy atom. The summed E-state index contributed by atoms with van der Waals surface area (Å²) in [5.41, 5.74) is 5.89. The third-order valence-electron chi connectivity index (χ3n) is 3.47. The predicted molar refractivity (Wildman–Crippen MR) is 85.6 cm³/mol. The summed E-state index contributed by atoms with van der Waals surface area (Å²) in [4.78, 5) is 0. The van der Waals surface area contributed by atoms with Crippen LogP contribution < -0.4 is 16.0 Å². The summed E-state index contributed by atoms with van der Waals surface area (Å²) in [6, 6.07) is 10.6. The van der Waals surface area contributed by atoms with Gasteiger partial charge in [-0.2, -0.15) is 0 Å². The normalized spacial score (nSPS) is 12.2. The third kappa shape index (κ3) is 3.81. The van der Waals surface area contributed by atoms with Gasteiger partial charge in [0.1, 0.15) is 11.6 Å². The molecule has 0 aromatic heterocycles. The maximum absolute atomic E-state index is 13.1. The molecule has 0 aliphatic carbocycles. The van der Waals surface area contributed by atoms with E-state index in [1.807, 2.05) is 25.1 Å². The van der Waals surface area contributed by atoms with Gasteiger partial charge < -0.3 is 4.74 Å². The van der Waals surface area contributed by atoms with Crippen LogP contribution >= 0.6 is 15.9 Å². The van der Waals surface area contributed by atoms with Crippen LogP contribution in [0.1, 0.15) is 22.7 Å². The van der Waals surface area contributed by atoms with Gasteiger partial charge in [-0.3, -0.25) is 11.3 Å².